The van der Waals surface area contributed by atoms with E-state index in [1.165, 1.54) is 12.1 Å². The summed E-state index contributed by atoms with van der Waals surface area (Å²) in [5.74, 6) is -2.41. The first kappa shape index (κ1) is 18.0. The van der Waals surface area contributed by atoms with Gasteiger partial charge in [-0.15, -0.1) is 4.72 Å². The average Bonchev–Trinajstić information content (AvgIpc) is 2.40. The van der Waals surface area contributed by atoms with Crippen molar-refractivity contribution in [3.8, 4) is 0 Å². The summed E-state index contributed by atoms with van der Waals surface area (Å²) in [5.41, 5.74) is -2.21. The molecule has 0 fully saturated rings. The maximum atomic E-state index is 14.0. The molecule has 0 spiro atoms. The molecular weight excluding hydrogens is 303 g/mol. The van der Waals surface area contributed by atoms with E-state index in [0.29, 0.717) is 6.29 Å². The van der Waals surface area contributed by atoms with Crippen molar-refractivity contribution in [3.63, 3.8) is 0 Å². The van der Waals surface area contributed by atoms with Gasteiger partial charge in [-0.05, 0) is 26.8 Å². The monoisotopic (exact) mass is 321 g/mol. The second kappa shape index (κ2) is 6.81. The van der Waals surface area contributed by atoms with Gasteiger partial charge in [0.2, 0.25) is 0 Å². The van der Waals surface area contributed by atoms with Crippen LogP contribution in [-0.4, -0.2) is 22.3 Å². The Labute approximate surface area is 125 Å². The Morgan fingerprint density at radius 3 is 2.43 bits per heavy atom. The van der Waals surface area contributed by atoms with Gasteiger partial charge in [-0.25, -0.2) is 13.2 Å². The molecule has 1 aromatic carbocycles. The first-order valence-electron chi connectivity index (χ1n) is 6.32. The van der Waals surface area contributed by atoms with Gasteiger partial charge < -0.3 is 9.35 Å². The maximum absolute atomic E-state index is 14.0. The maximum Gasteiger partial charge on any atom is 0.164 e. The van der Waals surface area contributed by atoms with Crippen molar-refractivity contribution in [3.05, 3.63) is 35.4 Å². The molecule has 7 heteroatoms. The molecule has 0 amide bonds. The molecule has 0 aromatic heterocycles. The van der Waals surface area contributed by atoms with Gasteiger partial charge in [0.15, 0.2) is 11.6 Å². The quantitative estimate of drug-likeness (QED) is 0.647. The highest BCUT2D eigenvalue weighted by atomic mass is 32.2. The van der Waals surface area contributed by atoms with Crippen LogP contribution in [0.15, 0.2) is 18.2 Å². The number of carbonyl (C=O) groups is 1. The zero-order chi connectivity index (χ0) is 16.3. The van der Waals surface area contributed by atoms with Gasteiger partial charge in [0, 0.05) is 23.3 Å². The predicted molar refractivity (Wildman–Crippen MR) is 75.7 cm³/mol. The van der Waals surface area contributed by atoms with E-state index in [1.807, 2.05) is 0 Å². The van der Waals surface area contributed by atoms with Crippen LogP contribution < -0.4 is 4.72 Å². The van der Waals surface area contributed by atoms with Gasteiger partial charge in [-0.3, -0.25) is 0 Å². The Balaban J connectivity index is 3.32. The molecular formula is C14H18F3NO2S. The molecule has 0 unspecified atom stereocenters. The molecule has 118 valence electrons. The Morgan fingerprint density at radius 1 is 1.33 bits per heavy atom. The summed E-state index contributed by atoms with van der Waals surface area (Å²) >= 11 is -1.76. The standard InChI is InChI=1S/C14H18F3NO2S/c1-13(2,3)21(20)18-14(9-15,7-8-19)10-5-4-6-11(16)12(10)17/h4-6,8,18H,7,9H2,1-3H3/t14-,21-/m1/s1. The number of rotatable bonds is 6. The summed E-state index contributed by atoms with van der Waals surface area (Å²) in [6, 6.07) is 3.28. The van der Waals surface area contributed by atoms with Crippen LogP contribution in [0.25, 0.3) is 0 Å². The molecule has 0 aliphatic carbocycles. The normalized spacial score (nSPS) is 16.3. The molecule has 0 bridgehead atoms. The SMILES string of the molecule is CC(C)(C)[S@@+]([O-])N[C@@](CF)(CC=O)c1cccc(F)c1F. The Morgan fingerprint density at radius 2 is 1.95 bits per heavy atom. The summed E-state index contributed by atoms with van der Waals surface area (Å²) in [4.78, 5) is 10.9. The summed E-state index contributed by atoms with van der Waals surface area (Å²) in [6.45, 7) is 3.72. The van der Waals surface area contributed by atoms with Crippen molar-refractivity contribution in [2.24, 2.45) is 0 Å². The lowest BCUT2D eigenvalue weighted by Crippen LogP contribution is -2.53. The number of aldehydes is 1. The Hall–Kier alpha value is -1.05. The number of hydrogen-bond donors (Lipinski definition) is 1. The van der Waals surface area contributed by atoms with Crippen LogP contribution in [0.5, 0.6) is 0 Å². The van der Waals surface area contributed by atoms with E-state index in [0.717, 1.165) is 6.07 Å². The van der Waals surface area contributed by atoms with E-state index in [-0.39, 0.29) is 5.56 Å². The summed E-state index contributed by atoms with van der Waals surface area (Å²) < 4.78 is 54.8. The highest BCUT2D eigenvalue weighted by Crippen LogP contribution is 2.31. The first-order valence-corrected chi connectivity index (χ1v) is 7.47. The lowest BCUT2D eigenvalue weighted by Gasteiger charge is -2.35. The molecule has 0 heterocycles. The largest absolute Gasteiger partial charge is 0.598 e. The van der Waals surface area contributed by atoms with Gasteiger partial charge in [-0.2, -0.15) is 0 Å². The van der Waals surface area contributed by atoms with Crippen molar-refractivity contribution >= 4 is 17.6 Å². The Bertz CT molecular complexity index is 507. The molecule has 0 radical (unpaired) electrons. The van der Waals surface area contributed by atoms with Crippen molar-refractivity contribution in [2.75, 3.05) is 6.67 Å². The second-order valence-corrected chi connectivity index (χ2v) is 7.64. The summed E-state index contributed by atoms with van der Waals surface area (Å²) in [7, 11) is 0. The van der Waals surface area contributed by atoms with Crippen LogP contribution in [0.4, 0.5) is 13.2 Å². The zero-order valence-corrected chi connectivity index (χ0v) is 12.9. The third-order valence-electron chi connectivity index (χ3n) is 2.97. The van der Waals surface area contributed by atoms with Crippen molar-refractivity contribution in [1.82, 2.24) is 4.72 Å². The minimum absolute atomic E-state index is 0.352. The summed E-state index contributed by atoms with van der Waals surface area (Å²) in [6.07, 6.45) is -0.0809. The number of halogens is 3. The summed E-state index contributed by atoms with van der Waals surface area (Å²) in [5, 5.41) is 0. The van der Waals surface area contributed by atoms with Crippen LogP contribution in [0.1, 0.15) is 32.8 Å². The van der Waals surface area contributed by atoms with Crippen LogP contribution in [0, 0.1) is 11.6 Å². The number of alkyl halides is 1. The highest BCUT2D eigenvalue weighted by molar-refractivity contribution is 7.90. The molecule has 1 rings (SSSR count). The van der Waals surface area contributed by atoms with Gasteiger partial charge in [0.1, 0.15) is 23.2 Å². The van der Waals surface area contributed by atoms with Gasteiger partial charge >= 0.3 is 0 Å². The Kier molecular flexibility index (Phi) is 5.83. The zero-order valence-electron chi connectivity index (χ0n) is 12.1. The van der Waals surface area contributed by atoms with Gasteiger partial charge in [0.25, 0.3) is 0 Å². The van der Waals surface area contributed by atoms with E-state index in [4.69, 9.17) is 0 Å². The van der Waals surface area contributed by atoms with Gasteiger partial charge in [-0.1, -0.05) is 12.1 Å². The second-order valence-electron chi connectivity index (χ2n) is 5.67. The molecule has 0 aliphatic heterocycles. The number of nitrogens with one attached hydrogen (secondary N) is 1. The fourth-order valence-corrected chi connectivity index (χ4v) is 2.62. The molecule has 1 aromatic rings. The van der Waals surface area contributed by atoms with Gasteiger partial charge in [0.05, 0.1) is 0 Å². The van der Waals surface area contributed by atoms with Crippen LogP contribution >= 0.6 is 0 Å². The lowest BCUT2D eigenvalue weighted by atomic mass is 9.89. The fourth-order valence-electron chi connectivity index (χ4n) is 1.71. The molecule has 0 aliphatic rings. The van der Waals surface area contributed by atoms with Crippen LogP contribution in [0.2, 0.25) is 0 Å². The van der Waals surface area contributed by atoms with E-state index < -0.39 is 46.4 Å². The molecule has 21 heavy (non-hydrogen) atoms. The third-order valence-corrected chi connectivity index (χ3v) is 4.66. The van der Waals surface area contributed by atoms with Crippen LogP contribution in [-0.2, 0) is 21.7 Å². The predicted octanol–water partition coefficient (Wildman–Crippen LogP) is 2.77. The highest BCUT2D eigenvalue weighted by Gasteiger charge is 2.43. The number of carbonyl (C=O) groups excluding carboxylic acids is 1. The smallest absolute Gasteiger partial charge is 0.164 e. The fraction of sp³-hybridized carbons (Fsp3) is 0.500. The molecule has 1 N–H and O–H groups in total. The van der Waals surface area contributed by atoms with E-state index in [9.17, 15) is 22.5 Å². The average molecular weight is 321 g/mol. The van der Waals surface area contributed by atoms with Crippen molar-refractivity contribution in [2.45, 2.75) is 37.5 Å². The van der Waals surface area contributed by atoms with E-state index in [2.05, 4.69) is 4.72 Å². The minimum Gasteiger partial charge on any atom is -0.598 e. The van der Waals surface area contributed by atoms with Crippen molar-refractivity contribution < 1.29 is 22.5 Å². The molecule has 0 saturated heterocycles. The molecule has 3 nitrogen and oxygen atoms in total. The van der Waals surface area contributed by atoms with E-state index in [1.54, 1.807) is 20.8 Å². The minimum atomic E-state index is -1.86. The number of benzene rings is 1. The van der Waals surface area contributed by atoms with Crippen molar-refractivity contribution in [1.29, 1.82) is 0 Å². The number of hydrogen-bond acceptors (Lipinski definition) is 3. The topological polar surface area (TPSA) is 52.2 Å². The first-order chi connectivity index (χ1) is 9.68. The molecule has 2 atom stereocenters. The third kappa shape index (κ3) is 3.99. The van der Waals surface area contributed by atoms with Crippen LogP contribution in [0.3, 0.4) is 0 Å². The van der Waals surface area contributed by atoms with E-state index >= 15 is 0 Å². The molecule has 0 saturated carbocycles. The lowest BCUT2D eigenvalue weighted by molar-refractivity contribution is -0.109.